The smallest absolute Gasteiger partial charge is 0.259 e. The summed E-state index contributed by atoms with van der Waals surface area (Å²) in [4.78, 5) is 14.5. The Balaban J connectivity index is 1.91. The second-order valence-corrected chi connectivity index (χ2v) is 5.23. The van der Waals surface area contributed by atoms with E-state index in [2.05, 4.69) is 10.3 Å². The summed E-state index contributed by atoms with van der Waals surface area (Å²) in [5.41, 5.74) is 2.02. The molecular formula is C14H17N3O3. The fourth-order valence-electron chi connectivity index (χ4n) is 2.78. The van der Waals surface area contributed by atoms with E-state index in [9.17, 15) is 4.79 Å². The quantitative estimate of drug-likeness (QED) is 0.842. The second-order valence-electron chi connectivity index (χ2n) is 5.23. The molecule has 0 spiro atoms. The average Bonchev–Trinajstić information content (AvgIpc) is 3.09. The molecule has 106 valence electrons. The molecule has 6 nitrogen and oxygen atoms in total. The molecule has 0 unspecified atom stereocenters. The zero-order valence-electron chi connectivity index (χ0n) is 11.8. The molecule has 2 aromatic heterocycles. The molecule has 1 saturated heterocycles. The Morgan fingerprint density at radius 2 is 2.10 bits per heavy atom. The molecule has 1 fully saturated rings. The van der Waals surface area contributed by atoms with Crippen molar-refractivity contribution in [2.75, 3.05) is 6.54 Å². The van der Waals surface area contributed by atoms with Crippen LogP contribution in [0, 0.1) is 20.8 Å². The summed E-state index contributed by atoms with van der Waals surface area (Å²) in [7, 11) is 0. The fraction of sp³-hybridized carbons (Fsp3) is 0.500. The number of carbonyl (C=O) groups is 1. The average molecular weight is 275 g/mol. The summed E-state index contributed by atoms with van der Waals surface area (Å²) in [5, 5.41) is 7.76. The number of rotatable bonds is 2. The molecule has 3 heterocycles. The van der Waals surface area contributed by atoms with E-state index in [0.29, 0.717) is 23.6 Å². The molecule has 0 aliphatic carbocycles. The summed E-state index contributed by atoms with van der Waals surface area (Å²) >= 11 is 0. The Bertz CT molecular complexity index is 624. The monoisotopic (exact) mass is 275 g/mol. The predicted octanol–water partition coefficient (Wildman–Crippen LogP) is 2.57. The van der Waals surface area contributed by atoms with Crippen LogP contribution in [0.2, 0.25) is 0 Å². The van der Waals surface area contributed by atoms with E-state index in [1.165, 1.54) is 0 Å². The Morgan fingerprint density at radius 3 is 2.70 bits per heavy atom. The van der Waals surface area contributed by atoms with E-state index in [4.69, 9.17) is 9.05 Å². The van der Waals surface area contributed by atoms with E-state index < -0.39 is 0 Å². The van der Waals surface area contributed by atoms with Crippen LogP contribution in [-0.4, -0.2) is 27.7 Å². The van der Waals surface area contributed by atoms with Crippen molar-refractivity contribution < 1.29 is 13.8 Å². The maximum Gasteiger partial charge on any atom is 0.259 e. The van der Waals surface area contributed by atoms with Crippen LogP contribution < -0.4 is 0 Å². The van der Waals surface area contributed by atoms with Gasteiger partial charge < -0.3 is 13.9 Å². The first-order valence-electron chi connectivity index (χ1n) is 6.75. The highest BCUT2D eigenvalue weighted by Gasteiger charge is 2.35. The standard InChI is InChI=1S/C14H17N3O3/c1-8-7-12(20-15-8)11-5-4-6-17(11)14(18)13-9(2)16-19-10(13)3/h7,11H,4-6H2,1-3H3/t11-/m0/s1. The van der Waals surface area contributed by atoms with E-state index in [-0.39, 0.29) is 11.9 Å². The molecule has 0 bridgehead atoms. The van der Waals surface area contributed by atoms with Crippen LogP contribution in [0.25, 0.3) is 0 Å². The van der Waals surface area contributed by atoms with Gasteiger partial charge in [0.25, 0.3) is 5.91 Å². The molecule has 3 rings (SSSR count). The Labute approximate surface area is 116 Å². The van der Waals surface area contributed by atoms with Gasteiger partial charge in [-0.2, -0.15) is 0 Å². The van der Waals surface area contributed by atoms with Crippen LogP contribution >= 0.6 is 0 Å². The number of aryl methyl sites for hydroxylation is 3. The molecule has 0 N–H and O–H groups in total. The van der Waals surface area contributed by atoms with E-state index in [1.54, 1.807) is 13.8 Å². The third-order valence-electron chi connectivity index (χ3n) is 3.74. The second kappa shape index (κ2) is 4.77. The van der Waals surface area contributed by atoms with Crippen LogP contribution in [-0.2, 0) is 0 Å². The van der Waals surface area contributed by atoms with Crippen molar-refractivity contribution in [2.45, 2.75) is 39.7 Å². The molecule has 0 aromatic carbocycles. The molecule has 2 aromatic rings. The van der Waals surface area contributed by atoms with Crippen molar-refractivity contribution in [1.29, 1.82) is 0 Å². The molecule has 1 aliphatic heterocycles. The highest BCUT2D eigenvalue weighted by atomic mass is 16.5. The first-order chi connectivity index (χ1) is 9.58. The van der Waals surface area contributed by atoms with Crippen molar-refractivity contribution in [3.63, 3.8) is 0 Å². The zero-order chi connectivity index (χ0) is 14.3. The van der Waals surface area contributed by atoms with Crippen LogP contribution in [0.4, 0.5) is 0 Å². The van der Waals surface area contributed by atoms with Crippen LogP contribution in [0.3, 0.4) is 0 Å². The van der Waals surface area contributed by atoms with Crippen LogP contribution in [0.15, 0.2) is 15.1 Å². The summed E-state index contributed by atoms with van der Waals surface area (Å²) in [6.45, 7) is 6.14. The lowest BCUT2D eigenvalue weighted by Crippen LogP contribution is -2.31. The number of aromatic nitrogens is 2. The minimum absolute atomic E-state index is 0.0437. The first-order valence-corrected chi connectivity index (χ1v) is 6.75. The maximum atomic E-state index is 12.7. The molecule has 1 atom stereocenters. The minimum Gasteiger partial charge on any atom is -0.361 e. The lowest BCUT2D eigenvalue weighted by atomic mass is 10.1. The molecule has 6 heteroatoms. The zero-order valence-corrected chi connectivity index (χ0v) is 11.8. The third kappa shape index (κ3) is 2.01. The Hall–Kier alpha value is -2.11. The molecular weight excluding hydrogens is 258 g/mol. The molecule has 1 amide bonds. The van der Waals surface area contributed by atoms with Gasteiger partial charge in [-0.05, 0) is 33.6 Å². The highest BCUT2D eigenvalue weighted by Crippen LogP contribution is 2.34. The van der Waals surface area contributed by atoms with Crippen molar-refractivity contribution in [3.05, 3.63) is 34.5 Å². The van der Waals surface area contributed by atoms with E-state index >= 15 is 0 Å². The number of nitrogens with zero attached hydrogens (tertiary/aromatic N) is 3. The van der Waals surface area contributed by atoms with E-state index in [0.717, 1.165) is 24.3 Å². The van der Waals surface area contributed by atoms with Crippen molar-refractivity contribution in [1.82, 2.24) is 15.2 Å². The number of amides is 1. The van der Waals surface area contributed by atoms with Gasteiger partial charge in [0.15, 0.2) is 5.76 Å². The first kappa shape index (κ1) is 12.9. The summed E-state index contributed by atoms with van der Waals surface area (Å²) in [5.74, 6) is 1.27. The topological polar surface area (TPSA) is 72.4 Å². The Morgan fingerprint density at radius 1 is 1.30 bits per heavy atom. The van der Waals surface area contributed by atoms with E-state index in [1.807, 2.05) is 17.9 Å². The lowest BCUT2D eigenvalue weighted by molar-refractivity contribution is 0.0712. The Kier molecular flexibility index (Phi) is 3.08. The SMILES string of the molecule is Cc1cc([C@@H]2CCCN2C(=O)c2c(C)noc2C)on1. The minimum atomic E-state index is -0.0441. The van der Waals surface area contributed by atoms with Crippen molar-refractivity contribution >= 4 is 5.91 Å². The van der Waals surface area contributed by atoms with Gasteiger partial charge in [0.05, 0.1) is 17.4 Å². The number of carbonyl (C=O) groups excluding carboxylic acids is 1. The van der Waals surface area contributed by atoms with Gasteiger partial charge in [0, 0.05) is 12.6 Å². The number of likely N-dealkylation sites (tertiary alicyclic amines) is 1. The van der Waals surface area contributed by atoms with Gasteiger partial charge in [0.2, 0.25) is 0 Å². The molecule has 20 heavy (non-hydrogen) atoms. The normalized spacial score (nSPS) is 18.8. The largest absolute Gasteiger partial charge is 0.361 e. The molecule has 0 saturated carbocycles. The van der Waals surface area contributed by atoms with Gasteiger partial charge in [-0.15, -0.1) is 0 Å². The van der Waals surface area contributed by atoms with Gasteiger partial charge in [-0.3, -0.25) is 4.79 Å². The van der Waals surface area contributed by atoms with Crippen LogP contribution in [0.1, 0.15) is 52.1 Å². The van der Waals surface area contributed by atoms with Gasteiger partial charge in [-0.1, -0.05) is 10.3 Å². The number of hydrogen-bond donors (Lipinski definition) is 0. The van der Waals surface area contributed by atoms with Gasteiger partial charge in [0.1, 0.15) is 11.3 Å². The van der Waals surface area contributed by atoms with Crippen molar-refractivity contribution in [2.24, 2.45) is 0 Å². The number of hydrogen-bond acceptors (Lipinski definition) is 5. The van der Waals surface area contributed by atoms with Gasteiger partial charge in [-0.25, -0.2) is 0 Å². The molecule has 0 radical (unpaired) electrons. The third-order valence-corrected chi connectivity index (χ3v) is 3.74. The summed E-state index contributed by atoms with van der Waals surface area (Å²) in [6, 6.07) is 1.85. The van der Waals surface area contributed by atoms with Crippen LogP contribution in [0.5, 0.6) is 0 Å². The summed E-state index contributed by atoms with van der Waals surface area (Å²) < 4.78 is 10.4. The predicted molar refractivity (Wildman–Crippen MR) is 70.2 cm³/mol. The van der Waals surface area contributed by atoms with Crippen molar-refractivity contribution in [3.8, 4) is 0 Å². The summed E-state index contributed by atoms with van der Waals surface area (Å²) in [6.07, 6.45) is 1.85. The molecule has 1 aliphatic rings. The highest BCUT2D eigenvalue weighted by molar-refractivity contribution is 5.96. The maximum absolute atomic E-state index is 12.7. The lowest BCUT2D eigenvalue weighted by Gasteiger charge is -2.22. The van der Waals surface area contributed by atoms with Gasteiger partial charge >= 0.3 is 0 Å². The fourth-order valence-corrected chi connectivity index (χ4v) is 2.78.